The zero-order valence-electron chi connectivity index (χ0n) is 13.2. The number of hydrogen-bond donors (Lipinski definition) is 2. The molecular weight excluding hydrogens is 292 g/mol. The average molecular weight is 310 g/mol. The van der Waals surface area contributed by atoms with Crippen LogP contribution in [0.3, 0.4) is 0 Å². The van der Waals surface area contributed by atoms with Crippen molar-refractivity contribution in [2.45, 2.75) is 0 Å². The highest BCUT2D eigenvalue weighted by Gasteiger charge is 2.09. The average Bonchev–Trinajstić information content (AvgIpc) is 2.62. The summed E-state index contributed by atoms with van der Waals surface area (Å²) in [4.78, 5) is 0. The predicted octanol–water partition coefficient (Wildman–Crippen LogP) is 5.34. The summed E-state index contributed by atoms with van der Waals surface area (Å²) in [6, 6.07) is 28.9. The van der Waals surface area contributed by atoms with Gasteiger partial charge in [0.25, 0.3) is 0 Å². The van der Waals surface area contributed by atoms with E-state index in [0.29, 0.717) is 0 Å². The number of fused-ring (bicyclic) bond motifs is 1. The smallest absolute Gasteiger partial charge is 0.0320 e. The Bertz CT molecular complexity index is 1020. The van der Waals surface area contributed by atoms with E-state index in [1.807, 2.05) is 36.4 Å². The molecule has 4 aromatic rings. The highest BCUT2D eigenvalue weighted by Crippen LogP contribution is 2.35. The van der Waals surface area contributed by atoms with E-state index in [0.717, 1.165) is 33.6 Å². The molecule has 0 spiro atoms. The van der Waals surface area contributed by atoms with Crippen LogP contribution in [0.5, 0.6) is 0 Å². The lowest BCUT2D eigenvalue weighted by Gasteiger charge is -2.12. The first-order valence-corrected chi connectivity index (χ1v) is 7.95. The molecule has 0 bridgehead atoms. The number of rotatable bonds is 2. The van der Waals surface area contributed by atoms with Crippen LogP contribution in [-0.4, -0.2) is 0 Å². The molecule has 0 aliphatic rings. The highest BCUT2D eigenvalue weighted by atomic mass is 14.5. The van der Waals surface area contributed by atoms with Crippen LogP contribution < -0.4 is 11.5 Å². The number of hydrogen-bond acceptors (Lipinski definition) is 2. The Morgan fingerprint density at radius 1 is 0.458 bits per heavy atom. The zero-order valence-corrected chi connectivity index (χ0v) is 13.2. The Balaban J connectivity index is 1.92. The van der Waals surface area contributed by atoms with Gasteiger partial charge in [0.15, 0.2) is 0 Å². The van der Waals surface area contributed by atoms with E-state index in [9.17, 15) is 0 Å². The van der Waals surface area contributed by atoms with E-state index < -0.39 is 0 Å². The molecule has 0 radical (unpaired) electrons. The summed E-state index contributed by atoms with van der Waals surface area (Å²) in [6.45, 7) is 0. The molecule has 0 saturated carbocycles. The summed E-state index contributed by atoms with van der Waals surface area (Å²) < 4.78 is 0. The Morgan fingerprint density at radius 3 is 1.92 bits per heavy atom. The molecule has 0 unspecified atom stereocenters. The Labute approximate surface area is 141 Å². The van der Waals surface area contributed by atoms with Crippen LogP contribution >= 0.6 is 0 Å². The van der Waals surface area contributed by atoms with Crippen molar-refractivity contribution < 1.29 is 0 Å². The van der Waals surface area contributed by atoms with Crippen molar-refractivity contribution in [1.82, 2.24) is 0 Å². The monoisotopic (exact) mass is 310 g/mol. The molecule has 0 aliphatic carbocycles. The normalized spacial score (nSPS) is 10.8. The lowest BCUT2D eigenvalue weighted by molar-refractivity contribution is 1.58. The minimum atomic E-state index is 0.761. The van der Waals surface area contributed by atoms with Crippen LogP contribution in [0.1, 0.15) is 0 Å². The fraction of sp³-hybridized carbons (Fsp3) is 0. The van der Waals surface area contributed by atoms with Gasteiger partial charge < -0.3 is 11.5 Å². The molecule has 24 heavy (non-hydrogen) atoms. The molecule has 116 valence electrons. The Hall–Kier alpha value is -3.26. The number of anilines is 2. The molecule has 2 heteroatoms. The molecule has 0 saturated heterocycles. The third-order valence-corrected chi connectivity index (χ3v) is 4.33. The first-order chi connectivity index (χ1) is 11.7. The fourth-order valence-corrected chi connectivity index (χ4v) is 3.07. The van der Waals surface area contributed by atoms with Gasteiger partial charge in [0, 0.05) is 11.4 Å². The SMILES string of the molecule is Nc1ccc(-c2ccc(N)cc2-c2ccc3ccccc3c2)cc1. The Kier molecular flexibility index (Phi) is 3.43. The quantitative estimate of drug-likeness (QED) is 0.491. The summed E-state index contributed by atoms with van der Waals surface area (Å²) in [5.74, 6) is 0. The number of nitrogens with two attached hydrogens (primary N) is 2. The van der Waals surface area contributed by atoms with Crippen LogP contribution in [0.2, 0.25) is 0 Å². The minimum absolute atomic E-state index is 0.761. The van der Waals surface area contributed by atoms with Gasteiger partial charge in [0.05, 0.1) is 0 Å². The van der Waals surface area contributed by atoms with Crippen molar-refractivity contribution >= 4 is 22.1 Å². The van der Waals surface area contributed by atoms with Gasteiger partial charge in [-0.05, 0) is 63.4 Å². The molecule has 4 rings (SSSR count). The summed E-state index contributed by atoms with van der Waals surface area (Å²) >= 11 is 0. The first-order valence-electron chi connectivity index (χ1n) is 7.95. The van der Waals surface area contributed by atoms with Gasteiger partial charge in [-0.15, -0.1) is 0 Å². The van der Waals surface area contributed by atoms with E-state index in [2.05, 4.69) is 48.5 Å². The van der Waals surface area contributed by atoms with Crippen molar-refractivity contribution in [3.63, 3.8) is 0 Å². The molecule has 0 amide bonds. The summed E-state index contributed by atoms with van der Waals surface area (Å²) in [5.41, 5.74) is 18.0. The van der Waals surface area contributed by atoms with E-state index in [1.165, 1.54) is 10.8 Å². The predicted molar refractivity (Wildman–Crippen MR) is 104 cm³/mol. The number of nitrogen functional groups attached to an aromatic ring is 2. The first kappa shape index (κ1) is 14.3. The van der Waals surface area contributed by atoms with E-state index >= 15 is 0 Å². The molecule has 0 atom stereocenters. The molecule has 0 heterocycles. The van der Waals surface area contributed by atoms with Crippen molar-refractivity contribution in [2.24, 2.45) is 0 Å². The minimum Gasteiger partial charge on any atom is -0.399 e. The van der Waals surface area contributed by atoms with E-state index in [-0.39, 0.29) is 0 Å². The third-order valence-electron chi connectivity index (χ3n) is 4.33. The van der Waals surface area contributed by atoms with Crippen LogP contribution in [0, 0.1) is 0 Å². The van der Waals surface area contributed by atoms with Gasteiger partial charge in [-0.25, -0.2) is 0 Å². The highest BCUT2D eigenvalue weighted by molar-refractivity contribution is 5.92. The lowest BCUT2D eigenvalue weighted by atomic mass is 9.92. The standard InChI is InChI=1S/C22H18N2/c23-19-9-7-16(8-10-19)21-12-11-20(24)14-22(21)18-6-5-15-3-1-2-4-17(15)13-18/h1-14H,23-24H2. The summed E-state index contributed by atoms with van der Waals surface area (Å²) in [7, 11) is 0. The van der Waals surface area contributed by atoms with Gasteiger partial charge >= 0.3 is 0 Å². The second-order valence-corrected chi connectivity index (χ2v) is 5.99. The van der Waals surface area contributed by atoms with E-state index in [1.54, 1.807) is 0 Å². The van der Waals surface area contributed by atoms with Gasteiger partial charge in [0.2, 0.25) is 0 Å². The molecule has 0 fully saturated rings. The second-order valence-electron chi connectivity index (χ2n) is 5.99. The molecule has 0 aromatic heterocycles. The fourth-order valence-electron chi connectivity index (χ4n) is 3.07. The van der Waals surface area contributed by atoms with Gasteiger partial charge in [-0.3, -0.25) is 0 Å². The maximum absolute atomic E-state index is 6.06. The van der Waals surface area contributed by atoms with Crippen molar-refractivity contribution in [2.75, 3.05) is 11.5 Å². The maximum Gasteiger partial charge on any atom is 0.0320 e. The van der Waals surface area contributed by atoms with Crippen molar-refractivity contribution in [1.29, 1.82) is 0 Å². The largest absolute Gasteiger partial charge is 0.399 e. The van der Waals surface area contributed by atoms with Gasteiger partial charge in [-0.2, -0.15) is 0 Å². The van der Waals surface area contributed by atoms with Crippen LogP contribution in [0.25, 0.3) is 33.0 Å². The number of benzene rings is 4. The van der Waals surface area contributed by atoms with Crippen molar-refractivity contribution in [3.8, 4) is 22.3 Å². The van der Waals surface area contributed by atoms with Crippen molar-refractivity contribution in [3.05, 3.63) is 84.9 Å². The zero-order chi connectivity index (χ0) is 16.5. The van der Waals surface area contributed by atoms with Crippen LogP contribution in [-0.2, 0) is 0 Å². The Morgan fingerprint density at radius 2 is 1.12 bits per heavy atom. The van der Waals surface area contributed by atoms with E-state index in [4.69, 9.17) is 11.5 Å². The lowest BCUT2D eigenvalue weighted by Crippen LogP contribution is -1.91. The molecule has 4 aromatic carbocycles. The maximum atomic E-state index is 6.06. The molecular formula is C22H18N2. The third kappa shape index (κ3) is 2.59. The van der Waals surface area contributed by atoms with Gasteiger partial charge in [-0.1, -0.05) is 54.6 Å². The molecule has 0 aliphatic heterocycles. The van der Waals surface area contributed by atoms with Gasteiger partial charge in [0.1, 0.15) is 0 Å². The molecule has 2 nitrogen and oxygen atoms in total. The molecule has 4 N–H and O–H groups in total. The van der Waals surface area contributed by atoms with Crippen LogP contribution in [0.15, 0.2) is 84.9 Å². The summed E-state index contributed by atoms with van der Waals surface area (Å²) in [5, 5.41) is 2.46. The van der Waals surface area contributed by atoms with Crippen LogP contribution in [0.4, 0.5) is 11.4 Å². The summed E-state index contributed by atoms with van der Waals surface area (Å²) in [6.07, 6.45) is 0. The topological polar surface area (TPSA) is 52.0 Å². The second kappa shape index (κ2) is 5.74.